The minimum atomic E-state index is -1.11. The van der Waals surface area contributed by atoms with Crippen LogP contribution in [-0.4, -0.2) is 33.2 Å². The maximum absolute atomic E-state index is 11.0. The summed E-state index contributed by atoms with van der Waals surface area (Å²) in [5.41, 5.74) is 0.356. The summed E-state index contributed by atoms with van der Waals surface area (Å²) < 4.78 is 7.16. The van der Waals surface area contributed by atoms with Crippen LogP contribution in [0.15, 0.2) is 12.1 Å². The average molecular weight is 288 g/mol. The highest BCUT2D eigenvalue weighted by molar-refractivity contribution is 7.16. The molecule has 18 heavy (non-hydrogen) atoms. The molecule has 0 fully saturated rings. The summed E-state index contributed by atoms with van der Waals surface area (Å²) in [4.78, 5) is 11.9. The number of carboxylic acid groups (broad SMARTS) is 1. The summed E-state index contributed by atoms with van der Waals surface area (Å²) in [6.07, 6.45) is 0. The summed E-state index contributed by atoms with van der Waals surface area (Å²) in [5.74, 6) is -1.11. The fourth-order valence-corrected chi connectivity index (χ4v) is 2.56. The largest absolute Gasteiger partial charge is 0.476 e. The summed E-state index contributed by atoms with van der Waals surface area (Å²) in [6, 6.07) is 3.65. The first-order valence-corrected chi connectivity index (χ1v) is 6.20. The molecular weight excluding hydrogens is 278 g/mol. The van der Waals surface area contributed by atoms with Gasteiger partial charge in [0.15, 0.2) is 5.69 Å². The van der Waals surface area contributed by atoms with Crippen LogP contribution in [0, 0.1) is 0 Å². The lowest BCUT2D eigenvalue weighted by atomic mass is 10.3. The zero-order chi connectivity index (χ0) is 13.1. The number of rotatable bonds is 5. The number of hydrogen-bond acceptors (Lipinski definition) is 5. The van der Waals surface area contributed by atoms with E-state index in [1.807, 2.05) is 6.07 Å². The van der Waals surface area contributed by atoms with Gasteiger partial charge in [-0.3, -0.25) is 0 Å². The Hall–Kier alpha value is -1.44. The van der Waals surface area contributed by atoms with Gasteiger partial charge in [-0.05, 0) is 12.1 Å². The van der Waals surface area contributed by atoms with E-state index in [-0.39, 0.29) is 12.3 Å². The number of thiophene rings is 1. The molecule has 0 aliphatic carbocycles. The Balaban J connectivity index is 2.29. The molecule has 0 saturated heterocycles. The van der Waals surface area contributed by atoms with E-state index in [2.05, 4.69) is 10.3 Å². The van der Waals surface area contributed by atoms with Crippen molar-refractivity contribution in [2.24, 2.45) is 0 Å². The van der Waals surface area contributed by atoms with Crippen molar-refractivity contribution < 1.29 is 14.6 Å². The van der Waals surface area contributed by atoms with Gasteiger partial charge in [0.25, 0.3) is 0 Å². The molecule has 0 radical (unpaired) electrons. The summed E-state index contributed by atoms with van der Waals surface area (Å²) >= 11 is 7.25. The smallest absolute Gasteiger partial charge is 0.358 e. The van der Waals surface area contributed by atoms with E-state index in [0.29, 0.717) is 16.6 Å². The Morgan fingerprint density at radius 2 is 2.39 bits per heavy atom. The summed E-state index contributed by atoms with van der Waals surface area (Å²) in [7, 11) is 1.49. The zero-order valence-electron chi connectivity index (χ0n) is 9.46. The van der Waals surface area contributed by atoms with Crippen molar-refractivity contribution in [2.75, 3.05) is 7.11 Å². The van der Waals surface area contributed by atoms with Crippen LogP contribution in [-0.2, 0) is 17.9 Å². The highest BCUT2D eigenvalue weighted by Gasteiger charge is 2.19. The molecule has 96 valence electrons. The third kappa shape index (κ3) is 2.69. The third-order valence-electron chi connectivity index (χ3n) is 2.26. The molecule has 2 aromatic heterocycles. The lowest BCUT2D eigenvalue weighted by molar-refractivity contribution is 0.0684. The molecular formula is C10H10ClN3O3S. The van der Waals surface area contributed by atoms with Gasteiger partial charge in [-0.25, -0.2) is 9.48 Å². The van der Waals surface area contributed by atoms with Gasteiger partial charge in [0.05, 0.1) is 23.2 Å². The van der Waals surface area contributed by atoms with Gasteiger partial charge in [0.2, 0.25) is 0 Å². The molecule has 6 nitrogen and oxygen atoms in total. The first-order chi connectivity index (χ1) is 8.61. The summed E-state index contributed by atoms with van der Waals surface area (Å²) in [6.45, 7) is 0.574. The molecule has 0 bridgehead atoms. The van der Waals surface area contributed by atoms with Crippen LogP contribution in [0.3, 0.4) is 0 Å². The molecule has 2 rings (SSSR count). The number of nitrogens with zero attached hydrogens (tertiary/aromatic N) is 3. The molecule has 0 aliphatic rings. The molecule has 0 aromatic carbocycles. The molecule has 0 aliphatic heterocycles. The Morgan fingerprint density at radius 1 is 1.61 bits per heavy atom. The van der Waals surface area contributed by atoms with E-state index in [0.717, 1.165) is 4.88 Å². The van der Waals surface area contributed by atoms with E-state index >= 15 is 0 Å². The van der Waals surface area contributed by atoms with Crippen molar-refractivity contribution in [3.8, 4) is 0 Å². The highest BCUT2D eigenvalue weighted by atomic mass is 35.5. The van der Waals surface area contributed by atoms with Gasteiger partial charge < -0.3 is 9.84 Å². The maximum Gasteiger partial charge on any atom is 0.358 e. The van der Waals surface area contributed by atoms with Crippen molar-refractivity contribution in [1.29, 1.82) is 0 Å². The van der Waals surface area contributed by atoms with E-state index in [1.165, 1.54) is 23.1 Å². The van der Waals surface area contributed by atoms with Crippen LogP contribution >= 0.6 is 22.9 Å². The van der Waals surface area contributed by atoms with Crippen molar-refractivity contribution >= 4 is 28.9 Å². The normalized spacial score (nSPS) is 10.8. The van der Waals surface area contributed by atoms with Crippen LogP contribution in [0.25, 0.3) is 0 Å². The maximum atomic E-state index is 11.0. The molecule has 0 unspecified atom stereocenters. The second-order valence-electron chi connectivity index (χ2n) is 3.49. The van der Waals surface area contributed by atoms with Gasteiger partial charge in [0.1, 0.15) is 0 Å². The predicted molar refractivity (Wildman–Crippen MR) is 66.1 cm³/mol. The minimum Gasteiger partial charge on any atom is -0.476 e. The molecule has 1 N–H and O–H groups in total. The van der Waals surface area contributed by atoms with Crippen LogP contribution in [0.4, 0.5) is 0 Å². The standard InChI is InChI=1S/C10H10ClN3O3S/c1-17-5-7-9(10(15)16)12-13-14(7)4-6-2-3-8(11)18-6/h2-3H,4-5H2,1H3,(H,15,16). The second-order valence-corrected chi connectivity index (χ2v) is 5.29. The van der Waals surface area contributed by atoms with Crippen LogP contribution in [0.1, 0.15) is 21.1 Å². The van der Waals surface area contributed by atoms with Crippen molar-refractivity contribution in [3.63, 3.8) is 0 Å². The molecule has 0 amide bonds. The van der Waals surface area contributed by atoms with E-state index in [4.69, 9.17) is 21.4 Å². The highest BCUT2D eigenvalue weighted by Crippen LogP contribution is 2.22. The number of carbonyl (C=O) groups is 1. The number of methoxy groups -OCH3 is 1. The average Bonchev–Trinajstić information content (AvgIpc) is 2.88. The Bertz CT molecular complexity index is 566. The SMILES string of the molecule is COCc1c(C(=O)O)nnn1Cc1ccc(Cl)s1. The van der Waals surface area contributed by atoms with Crippen LogP contribution in [0.5, 0.6) is 0 Å². The lowest BCUT2D eigenvalue weighted by Gasteiger charge is -2.04. The Labute approximate surface area is 112 Å². The monoisotopic (exact) mass is 287 g/mol. The topological polar surface area (TPSA) is 77.2 Å². The zero-order valence-corrected chi connectivity index (χ0v) is 11.0. The van der Waals surface area contributed by atoms with Crippen molar-refractivity contribution in [2.45, 2.75) is 13.2 Å². The quantitative estimate of drug-likeness (QED) is 0.908. The number of halogens is 1. The van der Waals surface area contributed by atoms with E-state index in [9.17, 15) is 4.79 Å². The minimum absolute atomic E-state index is 0.0838. The van der Waals surface area contributed by atoms with Crippen LogP contribution < -0.4 is 0 Å². The number of aromatic nitrogens is 3. The predicted octanol–water partition coefficient (Wildman–Crippen LogP) is 1.89. The fourth-order valence-electron chi connectivity index (χ4n) is 1.49. The lowest BCUT2D eigenvalue weighted by Crippen LogP contribution is -2.09. The molecule has 0 atom stereocenters. The molecule has 2 heterocycles. The first-order valence-electron chi connectivity index (χ1n) is 5.00. The molecule has 0 saturated carbocycles. The van der Waals surface area contributed by atoms with Gasteiger partial charge >= 0.3 is 5.97 Å². The van der Waals surface area contributed by atoms with Gasteiger partial charge in [0, 0.05) is 12.0 Å². The first kappa shape index (κ1) is 13.0. The number of carboxylic acids is 1. The van der Waals surface area contributed by atoms with Gasteiger partial charge in [-0.15, -0.1) is 16.4 Å². The van der Waals surface area contributed by atoms with Crippen molar-refractivity contribution in [3.05, 3.63) is 32.7 Å². The molecule has 2 aromatic rings. The number of aromatic carboxylic acids is 1. The molecule has 0 spiro atoms. The molecule has 8 heteroatoms. The van der Waals surface area contributed by atoms with E-state index < -0.39 is 5.97 Å². The number of ether oxygens (including phenoxy) is 1. The van der Waals surface area contributed by atoms with Gasteiger partial charge in [-0.1, -0.05) is 16.8 Å². The fraction of sp³-hybridized carbons (Fsp3) is 0.300. The second kappa shape index (κ2) is 5.47. The Kier molecular flexibility index (Phi) is 3.95. The van der Waals surface area contributed by atoms with Crippen molar-refractivity contribution in [1.82, 2.24) is 15.0 Å². The summed E-state index contributed by atoms with van der Waals surface area (Å²) in [5, 5.41) is 16.5. The Morgan fingerprint density at radius 3 is 2.94 bits per heavy atom. The van der Waals surface area contributed by atoms with E-state index in [1.54, 1.807) is 6.07 Å². The van der Waals surface area contributed by atoms with Gasteiger partial charge in [-0.2, -0.15) is 0 Å². The third-order valence-corrected chi connectivity index (χ3v) is 3.47. The van der Waals surface area contributed by atoms with Crippen LogP contribution in [0.2, 0.25) is 4.34 Å². The number of hydrogen-bond donors (Lipinski definition) is 1.